The van der Waals surface area contributed by atoms with E-state index in [1.165, 1.54) is 0 Å². The van der Waals surface area contributed by atoms with Gasteiger partial charge in [-0.25, -0.2) is 13.6 Å². The normalized spacial score (nSPS) is 11.8. The van der Waals surface area contributed by atoms with Crippen molar-refractivity contribution >= 4 is 50.7 Å². The van der Waals surface area contributed by atoms with E-state index in [-0.39, 0.29) is 20.6 Å². The SMILES string of the molecule is CC(C)CCNC(=O)c1c(Cl)c(Cl)cc(S(N)(=O)=O)c1Cl. The lowest BCUT2D eigenvalue weighted by Gasteiger charge is -2.13. The van der Waals surface area contributed by atoms with Crippen molar-refractivity contribution in [2.24, 2.45) is 11.1 Å². The molecule has 0 atom stereocenters. The number of nitrogens with two attached hydrogens (primary N) is 1. The van der Waals surface area contributed by atoms with Crippen LogP contribution in [0.15, 0.2) is 11.0 Å². The molecule has 0 heterocycles. The molecule has 0 saturated heterocycles. The Bertz CT molecular complexity index is 660. The number of hydrogen-bond donors (Lipinski definition) is 2. The molecule has 3 N–H and O–H groups in total. The van der Waals surface area contributed by atoms with Gasteiger partial charge in [0.1, 0.15) is 4.90 Å². The van der Waals surface area contributed by atoms with Gasteiger partial charge in [-0.15, -0.1) is 0 Å². The lowest BCUT2D eigenvalue weighted by Crippen LogP contribution is -2.26. The van der Waals surface area contributed by atoms with Gasteiger partial charge < -0.3 is 5.32 Å². The first-order chi connectivity index (χ1) is 9.55. The second kappa shape index (κ2) is 7.15. The number of sulfonamides is 1. The Hall–Kier alpha value is -0.530. The van der Waals surface area contributed by atoms with E-state index >= 15 is 0 Å². The molecule has 118 valence electrons. The van der Waals surface area contributed by atoms with Gasteiger partial charge >= 0.3 is 0 Å². The highest BCUT2D eigenvalue weighted by molar-refractivity contribution is 7.89. The summed E-state index contributed by atoms with van der Waals surface area (Å²) >= 11 is 17.7. The number of primary sulfonamides is 1. The number of benzene rings is 1. The van der Waals surface area contributed by atoms with Gasteiger partial charge in [-0.3, -0.25) is 4.79 Å². The summed E-state index contributed by atoms with van der Waals surface area (Å²) in [6.07, 6.45) is 0.754. The second-order valence-electron chi connectivity index (χ2n) is 4.84. The molecule has 0 aliphatic rings. The van der Waals surface area contributed by atoms with E-state index in [1.807, 2.05) is 13.8 Å². The van der Waals surface area contributed by atoms with E-state index in [0.717, 1.165) is 12.5 Å². The van der Waals surface area contributed by atoms with Crippen LogP contribution >= 0.6 is 34.8 Å². The van der Waals surface area contributed by atoms with Crippen molar-refractivity contribution in [2.45, 2.75) is 25.2 Å². The van der Waals surface area contributed by atoms with Crippen LogP contribution < -0.4 is 10.5 Å². The molecule has 0 saturated carbocycles. The molecular weight excluding hydrogens is 359 g/mol. The molecule has 0 aromatic heterocycles. The van der Waals surface area contributed by atoms with Crippen molar-refractivity contribution in [1.82, 2.24) is 5.32 Å². The fourth-order valence-electron chi connectivity index (χ4n) is 1.55. The topological polar surface area (TPSA) is 89.3 Å². The second-order valence-corrected chi connectivity index (χ2v) is 7.54. The van der Waals surface area contributed by atoms with Crippen LogP contribution in [0.2, 0.25) is 15.1 Å². The van der Waals surface area contributed by atoms with Gasteiger partial charge in [0.15, 0.2) is 0 Å². The average Bonchev–Trinajstić information content (AvgIpc) is 2.32. The summed E-state index contributed by atoms with van der Waals surface area (Å²) in [5.74, 6) is -0.200. The van der Waals surface area contributed by atoms with Crippen molar-refractivity contribution in [3.8, 4) is 0 Å². The minimum atomic E-state index is -4.12. The van der Waals surface area contributed by atoms with E-state index in [2.05, 4.69) is 5.32 Å². The highest BCUT2D eigenvalue weighted by atomic mass is 35.5. The minimum absolute atomic E-state index is 0.112. The van der Waals surface area contributed by atoms with Crippen LogP contribution in [0, 0.1) is 5.92 Å². The zero-order chi connectivity index (χ0) is 16.4. The van der Waals surface area contributed by atoms with Gasteiger partial charge in [-0.2, -0.15) is 0 Å². The average molecular weight is 374 g/mol. The van der Waals surface area contributed by atoms with Crippen molar-refractivity contribution in [3.05, 3.63) is 26.7 Å². The zero-order valence-corrected chi connectivity index (χ0v) is 14.5. The highest BCUT2D eigenvalue weighted by Crippen LogP contribution is 2.36. The lowest BCUT2D eigenvalue weighted by atomic mass is 10.1. The van der Waals surface area contributed by atoms with Gasteiger partial charge in [0.2, 0.25) is 10.0 Å². The van der Waals surface area contributed by atoms with E-state index in [9.17, 15) is 13.2 Å². The summed E-state index contributed by atoms with van der Waals surface area (Å²) in [6.45, 7) is 4.41. The lowest BCUT2D eigenvalue weighted by molar-refractivity contribution is 0.0952. The molecule has 0 bridgehead atoms. The molecular formula is C12H15Cl3N2O3S. The number of amides is 1. The molecule has 1 aromatic carbocycles. The van der Waals surface area contributed by atoms with E-state index in [1.54, 1.807) is 0 Å². The summed E-state index contributed by atoms with van der Waals surface area (Å²) in [5.41, 5.74) is -0.196. The molecule has 0 spiro atoms. The van der Waals surface area contributed by atoms with Gasteiger partial charge in [-0.05, 0) is 18.4 Å². The number of carbonyl (C=O) groups is 1. The fourth-order valence-corrected chi connectivity index (χ4v) is 3.29. The zero-order valence-electron chi connectivity index (χ0n) is 11.4. The van der Waals surface area contributed by atoms with Crippen LogP contribution in [0.5, 0.6) is 0 Å². The van der Waals surface area contributed by atoms with Crippen LogP contribution in [-0.2, 0) is 10.0 Å². The predicted molar refractivity (Wildman–Crippen MR) is 84.6 cm³/mol. The highest BCUT2D eigenvalue weighted by Gasteiger charge is 2.25. The first kappa shape index (κ1) is 18.5. The Morgan fingerprint density at radius 3 is 2.33 bits per heavy atom. The first-order valence-corrected chi connectivity index (χ1v) is 8.72. The maximum atomic E-state index is 12.1. The summed E-state index contributed by atoms with van der Waals surface area (Å²) < 4.78 is 22.9. The Labute approximate surface area is 138 Å². The quantitative estimate of drug-likeness (QED) is 0.777. The van der Waals surface area contributed by atoms with Crippen LogP contribution in [0.25, 0.3) is 0 Å². The van der Waals surface area contributed by atoms with E-state index in [0.29, 0.717) is 12.5 Å². The van der Waals surface area contributed by atoms with Crippen molar-refractivity contribution < 1.29 is 13.2 Å². The molecule has 0 aliphatic heterocycles. The minimum Gasteiger partial charge on any atom is -0.352 e. The third kappa shape index (κ3) is 4.72. The van der Waals surface area contributed by atoms with Crippen LogP contribution in [0.1, 0.15) is 30.6 Å². The smallest absolute Gasteiger partial charge is 0.254 e. The van der Waals surface area contributed by atoms with E-state index in [4.69, 9.17) is 39.9 Å². The standard InChI is InChI=1S/C12H15Cl3N2O3S/c1-6(2)3-4-17-12(18)9-10(14)7(13)5-8(11(9)15)21(16,19)20/h5-6H,3-4H2,1-2H3,(H,17,18)(H2,16,19,20). The number of rotatable bonds is 5. The molecule has 0 aliphatic carbocycles. The van der Waals surface area contributed by atoms with Crippen molar-refractivity contribution in [2.75, 3.05) is 6.54 Å². The Morgan fingerprint density at radius 1 is 1.29 bits per heavy atom. The maximum absolute atomic E-state index is 12.1. The number of hydrogen-bond acceptors (Lipinski definition) is 3. The first-order valence-electron chi connectivity index (χ1n) is 6.04. The van der Waals surface area contributed by atoms with E-state index < -0.39 is 20.8 Å². The van der Waals surface area contributed by atoms with Crippen molar-refractivity contribution in [1.29, 1.82) is 0 Å². The maximum Gasteiger partial charge on any atom is 0.254 e. The summed E-state index contributed by atoms with van der Waals surface area (Å²) in [4.78, 5) is 11.7. The number of carbonyl (C=O) groups excluding carboxylic acids is 1. The Balaban J connectivity index is 3.23. The molecule has 0 radical (unpaired) electrons. The Kier molecular flexibility index (Phi) is 6.31. The number of nitrogens with one attached hydrogen (secondary N) is 1. The summed E-state index contributed by atoms with van der Waals surface area (Å²) in [7, 11) is -4.12. The van der Waals surface area contributed by atoms with Crippen LogP contribution in [0.3, 0.4) is 0 Å². The van der Waals surface area contributed by atoms with Gasteiger partial charge in [0.05, 0.1) is 20.6 Å². The molecule has 5 nitrogen and oxygen atoms in total. The third-order valence-electron chi connectivity index (χ3n) is 2.66. The van der Waals surface area contributed by atoms with Gasteiger partial charge in [0.25, 0.3) is 5.91 Å². The van der Waals surface area contributed by atoms with Crippen molar-refractivity contribution in [3.63, 3.8) is 0 Å². The Morgan fingerprint density at radius 2 is 1.86 bits per heavy atom. The fraction of sp³-hybridized carbons (Fsp3) is 0.417. The molecule has 21 heavy (non-hydrogen) atoms. The summed E-state index contributed by atoms with van der Waals surface area (Å²) in [6, 6.07) is 1.02. The van der Waals surface area contributed by atoms with Crippen LogP contribution in [-0.4, -0.2) is 20.9 Å². The number of halogens is 3. The molecule has 1 aromatic rings. The van der Waals surface area contributed by atoms with Gasteiger partial charge in [-0.1, -0.05) is 48.7 Å². The monoisotopic (exact) mass is 372 g/mol. The summed E-state index contributed by atoms with van der Waals surface area (Å²) in [5, 5.41) is 7.09. The molecule has 0 unspecified atom stereocenters. The molecule has 9 heteroatoms. The largest absolute Gasteiger partial charge is 0.352 e. The molecule has 0 fully saturated rings. The third-order valence-corrected chi connectivity index (χ3v) is 4.89. The molecule has 1 amide bonds. The van der Waals surface area contributed by atoms with Crippen LogP contribution in [0.4, 0.5) is 0 Å². The molecule has 1 rings (SSSR count). The van der Waals surface area contributed by atoms with Gasteiger partial charge in [0, 0.05) is 6.54 Å². The predicted octanol–water partition coefficient (Wildman–Crippen LogP) is 3.07.